The Balaban J connectivity index is 0.00000225. The van der Waals surface area contributed by atoms with Crippen molar-refractivity contribution < 1.29 is 4.79 Å². The molecule has 6 nitrogen and oxygen atoms in total. The number of aromatic nitrogens is 2. The molecule has 7 heteroatoms. The number of likely N-dealkylation sites (N-methyl/N-ethyl adjacent to an activating group) is 1. The molecule has 1 aliphatic rings. The lowest BCUT2D eigenvalue weighted by Crippen LogP contribution is -2.27. The Kier molecular flexibility index (Phi) is 6.99. The van der Waals surface area contributed by atoms with Crippen LogP contribution in [0.4, 0.5) is 5.82 Å². The van der Waals surface area contributed by atoms with E-state index in [1.165, 1.54) is 5.56 Å². The average molecular weight is 364 g/mol. The van der Waals surface area contributed by atoms with Crippen molar-refractivity contribution in [2.24, 2.45) is 0 Å². The summed E-state index contributed by atoms with van der Waals surface area (Å²) in [6, 6.07) is 12.8. The van der Waals surface area contributed by atoms with Gasteiger partial charge in [-0.15, -0.1) is 12.4 Å². The monoisotopic (exact) mass is 363 g/mol. The molecule has 1 saturated heterocycles. The molecule has 1 fully saturated rings. The maximum absolute atomic E-state index is 11.9. The number of nitrogens with zero attached hydrogens (tertiary/aromatic N) is 3. The van der Waals surface area contributed by atoms with E-state index in [1.807, 2.05) is 23.7 Å². The van der Waals surface area contributed by atoms with E-state index in [-0.39, 0.29) is 18.3 Å². The predicted molar refractivity (Wildman–Crippen MR) is 102 cm³/mol. The van der Waals surface area contributed by atoms with Gasteiger partial charge in [-0.2, -0.15) is 5.10 Å². The van der Waals surface area contributed by atoms with Crippen LogP contribution in [0, 0.1) is 6.92 Å². The lowest BCUT2D eigenvalue weighted by Gasteiger charge is -2.18. The van der Waals surface area contributed by atoms with Crippen LogP contribution >= 0.6 is 12.4 Å². The third kappa shape index (κ3) is 5.04. The Hall–Kier alpha value is -1.89. The van der Waals surface area contributed by atoms with Crippen LogP contribution in [-0.4, -0.2) is 47.3 Å². The molecular formula is C18H26ClN5O. The van der Waals surface area contributed by atoms with Crippen LogP contribution in [-0.2, 0) is 11.3 Å². The van der Waals surface area contributed by atoms with Crippen LogP contribution in [0.1, 0.15) is 23.7 Å². The van der Waals surface area contributed by atoms with Gasteiger partial charge in [-0.3, -0.25) is 9.69 Å². The van der Waals surface area contributed by atoms with Crippen molar-refractivity contribution in [3.63, 3.8) is 0 Å². The van der Waals surface area contributed by atoms with Crippen molar-refractivity contribution in [3.8, 4) is 0 Å². The molecule has 1 aromatic heterocycles. The van der Waals surface area contributed by atoms with Gasteiger partial charge in [-0.25, -0.2) is 4.68 Å². The van der Waals surface area contributed by atoms with Gasteiger partial charge in [0, 0.05) is 25.7 Å². The van der Waals surface area contributed by atoms with Crippen molar-refractivity contribution in [3.05, 3.63) is 47.7 Å². The fourth-order valence-electron chi connectivity index (χ4n) is 3.23. The summed E-state index contributed by atoms with van der Waals surface area (Å²) in [6.07, 6.45) is 1.04. The Morgan fingerprint density at radius 1 is 1.32 bits per heavy atom. The smallest absolute Gasteiger partial charge is 0.239 e. The molecule has 1 atom stereocenters. The molecule has 2 heterocycles. The lowest BCUT2D eigenvalue weighted by molar-refractivity contribution is -0.115. The SMILES string of the molecule is CNCC(=O)Nc1cc(C)nn1C1CCN(Cc2ccccc2)C1.Cl. The number of anilines is 1. The standard InChI is InChI=1S/C18H25N5O.ClH/c1-14-10-17(20-18(24)11-19-2)23(21-14)16-8-9-22(13-16)12-15-6-4-3-5-7-15;/h3-7,10,16,19H,8-9,11-13H2,1-2H3,(H,20,24);1H. The van der Waals surface area contributed by atoms with E-state index in [9.17, 15) is 4.79 Å². The third-order valence-corrected chi connectivity index (χ3v) is 4.31. The molecule has 2 N–H and O–H groups in total. The molecule has 0 saturated carbocycles. The predicted octanol–water partition coefficient (Wildman–Crippen LogP) is 2.22. The fraction of sp³-hybridized carbons (Fsp3) is 0.444. The van der Waals surface area contributed by atoms with Crippen LogP contribution in [0.15, 0.2) is 36.4 Å². The van der Waals surface area contributed by atoms with Crippen molar-refractivity contribution >= 4 is 24.1 Å². The Labute approximate surface area is 155 Å². The Morgan fingerprint density at radius 3 is 2.80 bits per heavy atom. The number of amides is 1. The molecule has 0 aliphatic carbocycles. The minimum atomic E-state index is -0.0437. The highest BCUT2D eigenvalue weighted by Crippen LogP contribution is 2.26. The summed E-state index contributed by atoms with van der Waals surface area (Å²) < 4.78 is 1.98. The molecule has 1 amide bonds. The summed E-state index contributed by atoms with van der Waals surface area (Å²) in [4.78, 5) is 14.3. The second kappa shape index (κ2) is 8.99. The first-order valence-electron chi connectivity index (χ1n) is 8.42. The number of carbonyl (C=O) groups excluding carboxylic acids is 1. The van der Waals surface area contributed by atoms with Crippen molar-refractivity contribution in [2.75, 3.05) is 32.0 Å². The van der Waals surface area contributed by atoms with Gasteiger partial charge in [-0.05, 0) is 26.0 Å². The number of nitrogens with one attached hydrogen (secondary N) is 2. The summed E-state index contributed by atoms with van der Waals surface area (Å²) in [5.74, 6) is 0.747. The first-order chi connectivity index (χ1) is 11.7. The van der Waals surface area contributed by atoms with Crippen molar-refractivity contribution in [1.82, 2.24) is 20.0 Å². The zero-order valence-corrected chi connectivity index (χ0v) is 15.6. The molecule has 2 aromatic rings. The molecular weight excluding hydrogens is 338 g/mol. The third-order valence-electron chi connectivity index (χ3n) is 4.31. The van der Waals surface area contributed by atoms with Crippen LogP contribution < -0.4 is 10.6 Å². The van der Waals surface area contributed by atoms with E-state index in [0.717, 1.165) is 37.6 Å². The van der Waals surface area contributed by atoms with E-state index >= 15 is 0 Å². The maximum Gasteiger partial charge on any atom is 0.239 e. The molecule has 0 bridgehead atoms. The van der Waals surface area contributed by atoms with E-state index in [2.05, 4.69) is 44.9 Å². The van der Waals surface area contributed by atoms with Crippen molar-refractivity contribution in [2.45, 2.75) is 25.9 Å². The summed E-state index contributed by atoms with van der Waals surface area (Å²) in [6.45, 7) is 5.21. The van der Waals surface area contributed by atoms with Gasteiger partial charge in [-0.1, -0.05) is 30.3 Å². The van der Waals surface area contributed by atoms with E-state index < -0.39 is 0 Å². The molecule has 0 spiro atoms. The second-order valence-electron chi connectivity index (χ2n) is 6.36. The van der Waals surface area contributed by atoms with Crippen LogP contribution in [0.3, 0.4) is 0 Å². The summed E-state index contributed by atoms with van der Waals surface area (Å²) in [5, 5.41) is 10.4. The molecule has 1 aliphatic heterocycles. The number of benzene rings is 1. The van der Waals surface area contributed by atoms with Gasteiger partial charge in [0.05, 0.1) is 18.3 Å². The van der Waals surface area contributed by atoms with Gasteiger partial charge in [0.2, 0.25) is 5.91 Å². The number of aryl methyl sites for hydroxylation is 1. The highest BCUT2D eigenvalue weighted by molar-refractivity contribution is 5.91. The quantitative estimate of drug-likeness (QED) is 0.826. The van der Waals surface area contributed by atoms with Gasteiger partial charge < -0.3 is 10.6 Å². The summed E-state index contributed by atoms with van der Waals surface area (Å²) in [5.41, 5.74) is 2.26. The number of halogens is 1. The maximum atomic E-state index is 11.9. The zero-order valence-electron chi connectivity index (χ0n) is 14.7. The van der Waals surface area contributed by atoms with Gasteiger partial charge >= 0.3 is 0 Å². The first kappa shape index (κ1) is 19.4. The van der Waals surface area contributed by atoms with Crippen LogP contribution in [0.5, 0.6) is 0 Å². The van der Waals surface area contributed by atoms with Crippen molar-refractivity contribution in [1.29, 1.82) is 0 Å². The first-order valence-corrected chi connectivity index (χ1v) is 8.42. The highest BCUT2D eigenvalue weighted by atomic mass is 35.5. The minimum absolute atomic E-state index is 0. The Morgan fingerprint density at radius 2 is 2.08 bits per heavy atom. The average Bonchev–Trinajstić information content (AvgIpc) is 3.15. The van der Waals surface area contributed by atoms with E-state index in [0.29, 0.717) is 12.6 Å². The molecule has 3 rings (SSSR count). The number of likely N-dealkylation sites (tertiary alicyclic amines) is 1. The Bertz CT molecular complexity index is 688. The minimum Gasteiger partial charge on any atom is -0.311 e. The summed E-state index contributed by atoms with van der Waals surface area (Å²) in [7, 11) is 1.76. The molecule has 1 aromatic carbocycles. The number of hydrogen-bond donors (Lipinski definition) is 2. The normalized spacial score (nSPS) is 17.3. The summed E-state index contributed by atoms with van der Waals surface area (Å²) >= 11 is 0. The largest absolute Gasteiger partial charge is 0.311 e. The van der Waals surface area contributed by atoms with Gasteiger partial charge in [0.1, 0.15) is 5.82 Å². The number of hydrogen-bond acceptors (Lipinski definition) is 4. The molecule has 1 unspecified atom stereocenters. The number of carbonyl (C=O) groups is 1. The van der Waals surface area contributed by atoms with E-state index in [1.54, 1.807) is 7.05 Å². The molecule has 25 heavy (non-hydrogen) atoms. The number of rotatable bonds is 6. The fourth-order valence-corrected chi connectivity index (χ4v) is 3.23. The second-order valence-corrected chi connectivity index (χ2v) is 6.36. The van der Waals surface area contributed by atoms with Crippen LogP contribution in [0.25, 0.3) is 0 Å². The highest BCUT2D eigenvalue weighted by Gasteiger charge is 2.26. The topological polar surface area (TPSA) is 62.2 Å². The molecule has 0 radical (unpaired) electrons. The lowest BCUT2D eigenvalue weighted by atomic mass is 10.2. The van der Waals surface area contributed by atoms with Gasteiger partial charge in [0.25, 0.3) is 0 Å². The zero-order chi connectivity index (χ0) is 16.9. The van der Waals surface area contributed by atoms with E-state index in [4.69, 9.17) is 0 Å². The van der Waals surface area contributed by atoms with Crippen LogP contribution in [0.2, 0.25) is 0 Å². The van der Waals surface area contributed by atoms with Gasteiger partial charge in [0.15, 0.2) is 0 Å². The molecule has 136 valence electrons.